The van der Waals surface area contributed by atoms with Crippen molar-refractivity contribution in [3.8, 4) is 21.0 Å². The van der Waals surface area contributed by atoms with E-state index in [0.717, 1.165) is 37.3 Å². The normalized spacial score (nSPS) is 11.5. The molecule has 3 aromatic rings. The summed E-state index contributed by atoms with van der Waals surface area (Å²) in [5, 5.41) is 4.15. The van der Waals surface area contributed by atoms with Crippen molar-refractivity contribution in [1.82, 2.24) is 9.71 Å². The third-order valence-corrected chi connectivity index (χ3v) is 6.02. The van der Waals surface area contributed by atoms with E-state index in [9.17, 15) is 0 Å². The van der Waals surface area contributed by atoms with Crippen LogP contribution in [0.4, 0.5) is 11.4 Å². The molecule has 4 nitrogen and oxygen atoms in total. The van der Waals surface area contributed by atoms with Crippen molar-refractivity contribution < 1.29 is 0 Å². The highest BCUT2D eigenvalue weighted by atomic mass is 32.2. The fraction of sp³-hybridized carbons (Fsp3) is 0.250. The molecule has 0 radical (unpaired) electrons. The van der Waals surface area contributed by atoms with E-state index >= 15 is 0 Å². The maximum Gasteiger partial charge on any atom is 0.123 e. The second-order valence-corrected chi connectivity index (χ2v) is 8.95. The van der Waals surface area contributed by atoms with E-state index in [-0.39, 0.29) is 5.54 Å². The van der Waals surface area contributed by atoms with Gasteiger partial charge in [-0.25, -0.2) is 4.98 Å². The number of nitrogens with one attached hydrogen (secondary N) is 2. The van der Waals surface area contributed by atoms with Crippen molar-refractivity contribution in [3.63, 3.8) is 0 Å². The molecule has 4 N–H and O–H groups in total. The van der Waals surface area contributed by atoms with E-state index in [2.05, 4.69) is 66.1 Å². The van der Waals surface area contributed by atoms with Gasteiger partial charge in [-0.15, -0.1) is 11.3 Å². The van der Waals surface area contributed by atoms with Crippen molar-refractivity contribution >= 4 is 34.7 Å². The van der Waals surface area contributed by atoms with Gasteiger partial charge < -0.3 is 11.1 Å². The average molecular weight is 385 g/mol. The zero-order chi connectivity index (χ0) is 18.7. The van der Waals surface area contributed by atoms with Crippen LogP contribution in [0.2, 0.25) is 0 Å². The highest BCUT2D eigenvalue weighted by Crippen LogP contribution is 2.38. The third-order valence-electron chi connectivity index (χ3n) is 3.66. The van der Waals surface area contributed by atoms with Gasteiger partial charge in [-0.2, -0.15) is 0 Å². The van der Waals surface area contributed by atoms with Gasteiger partial charge in [0.05, 0.1) is 4.88 Å². The van der Waals surface area contributed by atoms with Crippen LogP contribution in [0.25, 0.3) is 21.0 Å². The summed E-state index contributed by atoms with van der Waals surface area (Å²) in [5.41, 5.74) is 10.2. The molecular formula is C20H24N4S2. The van der Waals surface area contributed by atoms with Crippen LogP contribution in [0, 0.1) is 0 Å². The molecule has 0 aliphatic heterocycles. The molecule has 2 aromatic carbocycles. The van der Waals surface area contributed by atoms with Crippen molar-refractivity contribution in [2.45, 2.75) is 31.2 Å². The molecule has 0 saturated heterocycles. The molecule has 26 heavy (non-hydrogen) atoms. The molecule has 136 valence electrons. The largest absolute Gasteiger partial charge is 0.399 e. The van der Waals surface area contributed by atoms with Gasteiger partial charge in [0.25, 0.3) is 0 Å². The quantitative estimate of drug-likeness (QED) is 0.401. The number of nitrogens with zero attached hydrogens (tertiary/aromatic N) is 1. The molecule has 1 aromatic heterocycles. The molecule has 6 heteroatoms. The Balaban J connectivity index is 1.90. The van der Waals surface area contributed by atoms with Crippen LogP contribution in [0.1, 0.15) is 20.8 Å². The van der Waals surface area contributed by atoms with Gasteiger partial charge in [0, 0.05) is 46.2 Å². The second-order valence-electron chi connectivity index (χ2n) is 7.07. The fourth-order valence-electron chi connectivity index (χ4n) is 2.35. The summed E-state index contributed by atoms with van der Waals surface area (Å²) in [4.78, 5) is 6.87. The van der Waals surface area contributed by atoms with E-state index < -0.39 is 0 Å². The second kappa shape index (κ2) is 7.70. The maximum atomic E-state index is 6.01. The molecule has 0 amide bonds. The number of nitrogen functional groups attached to an aromatic ring is 1. The van der Waals surface area contributed by atoms with E-state index in [0.29, 0.717) is 0 Å². The number of hydrogen-bond acceptors (Lipinski definition) is 6. The first-order valence-electron chi connectivity index (χ1n) is 8.44. The molecule has 0 unspecified atom stereocenters. The number of rotatable bonds is 5. The predicted molar refractivity (Wildman–Crippen MR) is 116 cm³/mol. The Hall–Kier alpha value is -2.02. The molecule has 0 fully saturated rings. The van der Waals surface area contributed by atoms with Crippen LogP contribution in [0.15, 0.2) is 53.6 Å². The highest BCUT2D eigenvalue weighted by molar-refractivity contribution is 7.97. The Kier molecular flexibility index (Phi) is 5.55. The molecule has 0 atom stereocenters. The molecule has 0 spiro atoms. The zero-order valence-electron chi connectivity index (χ0n) is 15.5. The van der Waals surface area contributed by atoms with Gasteiger partial charge in [-0.05, 0) is 69.1 Å². The van der Waals surface area contributed by atoms with Gasteiger partial charge in [-0.3, -0.25) is 4.72 Å². The molecule has 0 aliphatic rings. The average Bonchev–Trinajstić information content (AvgIpc) is 3.09. The fourth-order valence-corrected chi connectivity index (χ4v) is 4.27. The van der Waals surface area contributed by atoms with Crippen molar-refractivity contribution in [2.75, 3.05) is 18.1 Å². The Morgan fingerprint density at radius 3 is 2.46 bits per heavy atom. The van der Waals surface area contributed by atoms with Crippen molar-refractivity contribution in [2.24, 2.45) is 0 Å². The topological polar surface area (TPSA) is 63.0 Å². The van der Waals surface area contributed by atoms with Crippen molar-refractivity contribution in [1.29, 1.82) is 0 Å². The van der Waals surface area contributed by atoms with E-state index in [4.69, 9.17) is 5.73 Å². The summed E-state index contributed by atoms with van der Waals surface area (Å²) in [6.07, 6.45) is 1.94. The smallest absolute Gasteiger partial charge is 0.123 e. The summed E-state index contributed by atoms with van der Waals surface area (Å²) in [7, 11) is 1.92. The maximum absolute atomic E-state index is 6.01. The number of thiazole rings is 1. The minimum atomic E-state index is 0.0143. The Bertz CT molecular complexity index is 880. The van der Waals surface area contributed by atoms with Crippen LogP contribution in [-0.2, 0) is 0 Å². The lowest BCUT2D eigenvalue weighted by Crippen LogP contribution is -2.29. The highest BCUT2D eigenvalue weighted by Gasteiger charge is 2.15. The SMILES string of the molecule is CNc1ccc(-c2ncc(-c3ccc(N)cc3SNC(C)(C)C)s2)cc1. The standard InChI is InChI=1S/C20H24N4S2/c1-20(2,3)24-26-17-11-14(21)7-10-16(17)18-12-23-19(25-18)13-5-8-15(22-4)9-6-13/h5-12,22,24H,21H2,1-4H3. The third kappa shape index (κ3) is 4.58. The van der Waals surface area contributed by atoms with Gasteiger partial charge in [0.15, 0.2) is 0 Å². The molecule has 3 rings (SSSR count). The van der Waals surface area contributed by atoms with E-state index in [1.54, 1.807) is 23.3 Å². The number of benzene rings is 2. The monoisotopic (exact) mass is 384 g/mol. The van der Waals surface area contributed by atoms with Crippen molar-refractivity contribution in [3.05, 3.63) is 48.7 Å². The van der Waals surface area contributed by atoms with Gasteiger partial charge in [0.1, 0.15) is 5.01 Å². The summed E-state index contributed by atoms with van der Waals surface area (Å²) in [6, 6.07) is 14.3. The lowest BCUT2D eigenvalue weighted by Gasteiger charge is -2.20. The van der Waals surface area contributed by atoms with E-state index in [1.807, 2.05) is 25.4 Å². The Morgan fingerprint density at radius 2 is 1.81 bits per heavy atom. The Morgan fingerprint density at radius 1 is 1.08 bits per heavy atom. The minimum Gasteiger partial charge on any atom is -0.399 e. The molecule has 1 heterocycles. The molecule has 0 saturated carbocycles. The van der Waals surface area contributed by atoms with Crippen LogP contribution >= 0.6 is 23.3 Å². The van der Waals surface area contributed by atoms with Crippen LogP contribution in [0.5, 0.6) is 0 Å². The lowest BCUT2D eigenvalue weighted by molar-refractivity contribution is 0.535. The number of anilines is 2. The van der Waals surface area contributed by atoms with Gasteiger partial charge in [0.2, 0.25) is 0 Å². The summed E-state index contributed by atoms with van der Waals surface area (Å²) >= 11 is 3.31. The zero-order valence-corrected chi connectivity index (χ0v) is 17.1. The first kappa shape index (κ1) is 18.8. The first-order chi connectivity index (χ1) is 12.4. The first-order valence-corrected chi connectivity index (χ1v) is 10.1. The van der Waals surface area contributed by atoms with E-state index in [1.165, 1.54) is 0 Å². The van der Waals surface area contributed by atoms with Crippen LogP contribution < -0.4 is 15.8 Å². The van der Waals surface area contributed by atoms with Gasteiger partial charge >= 0.3 is 0 Å². The number of aromatic nitrogens is 1. The van der Waals surface area contributed by atoms with Crippen LogP contribution in [0.3, 0.4) is 0 Å². The Labute approximate surface area is 163 Å². The van der Waals surface area contributed by atoms with Gasteiger partial charge in [-0.1, -0.05) is 6.07 Å². The molecule has 0 bridgehead atoms. The molecule has 0 aliphatic carbocycles. The minimum absolute atomic E-state index is 0.0143. The van der Waals surface area contributed by atoms with Crippen LogP contribution in [-0.4, -0.2) is 17.6 Å². The lowest BCUT2D eigenvalue weighted by atomic mass is 10.1. The summed E-state index contributed by atoms with van der Waals surface area (Å²) in [6.45, 7) is 6.43. The summed E-state index contributed by atoms with van der Waals surface area (Å²) in [5.74, 6) is 0. The summed E-state index contributed by atoms with van der Waals surface area (Å²) < 4.78 is 3.47. The predicted octanol–water partition coefficient (Wildman–Crippen LogP) is 5.50. The number of hydrogen-bond donors (Lipinski definition) is 3. The molecular weight excluding hydrogens is 360 g/mol. The number of nitrogens with two attached hydrogens (primary N) is 1.